The predicted octanol–water partition coefficient (Wildman–Crippen LogP) is 2.14. The molecule has 0 aliphatic rings. The number of benzene rings is 1. The number of ether oxygens (including phenoxy) is 2. The second kappa shape index (κ2) is 6.78. The van der Waals surface area contributed by atoms with Crippen molar-refractivity contribution >= 4 is 11.9 Å². The average molecular weight is 325 g/mol. The zero-order chi connectivity index (χ0) is 16.9. The molecule has 0 saturated heterocycles. The lowest BCUT2D eigenvalue weighted by molar-refractivity contribution is 0.102. The molecule has 3 aromatic rings. The maximum atomic E-state index is 12.3. The molecule has 122 valence electrons. The number of anilines is 1. The van der Waals surface area contributed by atoms with Crippen LogP contribution in [0.4, 0.5) is 5.95 Å². The number of aromatic nitrogens is 4. The third kappa shape index (κ3) is 3.17. The summed E-state index contributed by atoms with van der Waals surface area (Å²) < 4.78 is 10.3. The van der Waals surface area contributed by atoms with E-state index in [9.17, 15) is 4.79 Å². The van der Waals surface area contributed by atoms with Gasteiger partial charge in [0, 0.05) is 11.8 Å². The van der Waals surface area contributed by atoms with Crippen LogP contribution in [-0.4, -0.2) is 40.3 Å². The van der Waals surface area contributed by atoms with Crippen LogP contribution < -0.4 is 14.8 Å². The molecule has 3 rings (SSSR count). The molecule has 8 nitrogen and oxygen atoms in total. The fourth-order valence-corrected chi connectivity index (χ4v) is 2.09. The Morgan fingerprint density at radius 2 is 1.96 bits per heavy atom. The summed E-state index contributed by atoms with van der Waals surface area (Å²) in [7, 11) is 3.04. The quantitative estimate of drug-likeness (QED) is 0.745. The van der Waals surface area contributed by atoms with E-state index in [0.29, 0.717) is 28.6 Å². The number of aromatic amines is 1. The van der Waals surface area contributed by atoms with Crippen LogP contribution in [-0.2, 0) is 0 Å². The first kappa shape index (κ1) is 15.5. The third-order valence-corrected chi connectivity index (χ3v) is 3.26. The van der Waals surface area contributed by atoms with E-state index in [1.165, 1.54) is 14.2 Å². The van der Waals surface area contributed by atoms with Gasteiger partial charge >= 0.3 is 0 Å². The number of carbonyl (C=O) groups excluding carboxylic acids is 1. The molecule has 1 amide bonds. The molecule has 2 N–H and O–H groups in total. The van der Waals surface area contributed by atoms with Crippen molar-refractivity contribution in [3.8, 4) is 23.0 Å². The minimum atomic E-state index is -0.359. The maximum absolute atomic E-state index is 12.3. The number of pyridine rings is 1. The van der Waals surface area contributed by atoms with E-state index in [4.69, 9.17) is 9.47 Å². The fourth-order valence-electron chi connectivity index (χ4n) is 2.09. The first-order valence-electron chi connectivity index (χ1n) is 7.08. The van der Waals surface area contributed by atoms with Gasteiger partial charge in [0.25, 0.3) is 5.91 Å². The molecule has 0 atom stereocenters. The monoisotopic (exact) mass is 325 g/mol. The average Bonchev–Trinajstić information content (AvgIpc) is 3.10. The zero-order valence-electron chi connectivity index (χ0n) is 13.1. The first-order valence-corrected chi connectivity index (χ1v) is 7.08. The minimum Gasteiger partial charge on any atom is -0.493 e. The van der Waals surface area contributed by atoms with Gasteiger partial charge in [-0.25, -0.2) is 0 Å². The Balaban J connectivity index is 1.77. The number of H-pyrrole nitrogens is 1. The second-order valence-corrected chi connectivity index (χ2v) is 4.75. The van der Waals surface area contributed by atoms with Gasteiger partial charge in [-0.05, 0) is 30.3 Å². The highest BCUT2D eigenvalue weighted by Crippen LogP contribution is 2.27. The van der Waals surface area contributed by atoms with Gasteiger partial charge in [0.05, 0.1) is 14.2 Å². The van der Waals surface area contributed by atoms with Crippen molar-refractivity contribution in [3.63, 3.8) is 0 Å². The smallest absolute Gasteiger partial charge is 0.258 e. The van der Waals surface area contributed by atoms with E-state index < -0.39 is 0 Å². The Morgan fingerprint density at radius 3 is 2.67 bits per heavy atom. The Bertz CT molecular complexity index is 848. The summed E-state index contributed by atoms with van der Waals surface area (Å²) in [4.78, 5) is 20.7. The molecule has 2 heterocycles. The van der Waals surface area contributed by atoms with Crippen molar-refractivity contribution in [1.29, 1.82) is 0 Å². The normalized spacial score (nSPS) is 10.2. The number of carbonyl (C=O) groups is 1. The van der Waals surface area contributed by atoms with E-state index in [-0.39, 0.29) is 11.9 Å². The molecule has 0 spiro atoms. The Labute approximate surface area is 137 Å². The van der Waals surface area contributed by atoms with Crippen molar-refractivity contribution < 1.29 is 14.3 Å². The largest absolute Gasteiger partial charge is 0.493 e. The zero-order valence-corrected chi connectivity index (χ0v) is 13.1. The van der Waals surface area contributed by atoms with Gasteiger partial charge in [-0.2, -0.15) is 4.98 Å². The standard InChI is InChI=1S/C16H15N5O3/c1-23-12-7-6-10(9-13(12)24-2)15(22)19-16-18-14(20-21-16)11-5-3-4-8-17-11/h3-9H,1-2H3,(H2,18,19,20,21,22). The molecule has 0 aliphatic heterocycles. The van der Waals surface area contributed by atoms with Crippen molar-refractivity contribution in [2.75, 3.05) is 19.5 Å². The van der Waals surface area contributed by atoms with E-state index in [1.807, 2.05) is 6.07 Å². The number of hydrogen-bond donors (Lipinski definition) is 2. The molecular formula is C16H15N5O3. The van der Waals surface area contributed by atoms with Crippen LogP contribution in [0.1, 0.15) is 10.4 Å². The predicted molar refractivity (Wildman–Crippen MR) is 87.1 cm³/mol. The van der Waals surface area contributed by atoms with Gasteiger partial charge in [0.15, 0.2) is 17.3 Å². The summed E-state index contributed by atoms with van der Waals surface area (Å²) in [6.45, 7) is 0. The molecule has 24 heavy (non-hydrogen) atoms. The van der Waals surface area contributed by atoms with Crippen molar-refractivity contribution in [2.45, 2.75) is 0 Å². The lowest BCUT2D eigenvalue weighted by Crippen LogP contribution is -2.13. The van der Waals surface area contributed by atoms with Gasteiger partial charge < -0.3 is 9.47 Å². The van der Waals surface area contributed by atoms with Crippen molar-refractivity contribution in [1.82, 2.24) is 20.2 Å². The Morgan fingerprint density at radius 1 is 1.12 bits per heavy atom. The topological polar surface area (TPSA) is 102 Å². The van der Waals surface area contributed by atoms with Gasteiger partial charge in [0.1, 0.15) is 5.69 Å². The van der Waals surface area contributed by atoms with Gasteiger partial charge in [0.2, 0.25) is 5.95 Å². The van der Waals surface area contributed by atoms with Crippen LogP contribution >= 0.6 is 0 Å². The highest BCUT2D eigenvalue weighted by Gasteiger charge is 2.13. The number of rotatable bonds is 5. The summed E-state index contributed by atoms with van der Waals surface area (Å²) >= 11 is 0. The Kier molecular flexibility index (Phi) is 4.37. The number of hydrogen-bond acceptors (Lipinski definition) is 6. The van der Waals surface area contributed by atoms with Crippen LogP contribution in [0, 0.1) is 0 Å². The number of amides is 1. The third-order valence-electron chi connectivity index (χ3n) is 3.26. The van der Waals surface area contributed by atoms with Crippen molar-refractivity contribution in [3.05, 3.63) is 48.2 Å². The molecule has 0 fully saturated rings. The fraction of sp³-hybridized carbons (Fsp3) is 0.125. The summed E-state index contributed by atoms with van der Waals surface area (Å²) in [6, 6.07) is 10.3. The summed E-state index contributed by atoms with van der Waals surface area (Å²) in [5, 5.41) is 9.33. The van der Waals surface area contributed by atoms with E-state index in [1.54, 1.807) is 36.5 Å². The summed E-state index contributed by atoms with van der Waals surface area (Å²) in [6.07, 6.45) is 1.65. The van der Waals surface area contributed by atoms with Crippen LogP contribution in [0.15, 0.2) is 42.6 Å². The molecule has 1 aromatic carbocycles. The number of methoxy groups -OCH3 is 2. The van der Waals surface area contributed by atoms with Crippen LogP contribution in [0.3, 0.4) is 0 Å². The van der Waals surface area contributed by atoms with Crippen LogP contribution in [0.25, 0.3) is 11.5 Å². The van der Waals surface area contributed by atoms with E-state index in [0.717, 1.165) is 0 Å². The molecule has 2 aromatic heterocycles. The first-order chi connectivity index (χ1) is 11.7. The second-order valence-electron chi connectivity index (χ2n) is 4.75. The van der Waals surface area contributed by atoms with E-state index >= 15 is 0 Å². The van der Waals surface area contributed by atoms with Crippen LogP contribution in [0.5, 0.6) is 11.5 Å². The number of nitrogens with one attached hydrogen (secondary N) is 2. The molecule has 0 bridgehead atoms. The van der Waals surface area contributed by atoms with Gasteiger partial charge in [-0.1, -0.05) is 6.07 Å². The Hall–Kier alpha value is -3.42. The molecule has 0 saturated carbocycles. The minimum absolute atomic E-state index is 0.162. The highest BCUT2D eigenvalue weighted by atomic mass is 16.5. The van der Waals surface area contributed by atoms with Crippen LogP contribution in [0.2, 0.25) is 0 Å². The summed E-state index contributed by atoms with van der Waals surface area (Å²) in [5.74, 6) is 1.29. The highest BCUT2D eigenvalue weighted by molar-refractivity contribution is 6.03. The van der Waals surface area contributed by atoms with Crippen molar-refractivity contribution in [2.24, 2.45) is 0 Å². The number of nitrogens with zero attached hydrogens (tertiary/aromatic N) is 3. The molecule has 0 unspecified atom stereocenters. The molecule has 8 heteroatoms. The SMILES string of the molecule is COc1ccc(C(=O)Nc2n[nH]c(-c3ccccn3)n2)cc1OC. The summed E-state index contributed by atoms with van der Waals surface area (Å²) in [5.41, 5.74) is 1.04. The molecular weight excluding hydrogens is 310 g/mol. The van der Waals surface area contributed by atoms with E-state index in [2.05, 4.69) is 25.5 Å². The molecule has 0 aliphatic carbocycles. The lowest BCUT2D eigenvalue weighted by Gasteiger charge is -2.08. The molecule has 0 radical (unpaired) electrons. The lowest BCUT2D eigenvalue weighted by atomic mass is 10.2. The van der Waals surface area contributed by atoms with Gasteiger partial charge in [-0.15, -0.1) is 5.10 Å². The maximum Gasteiger partial charge on any atom is 0.258 e. The van der Waals surface area contributed by atoms with Gasteiger partial charge in [-0.3, -0.25) is 20.2 Å².